The second kappa shape index (κ2) is 10.5. The molecule has 0 aliphatic carbocycles. The minimum Gasteiger partial charge on any atom is -0.452 e. The van der Waals surface area contributed by atoms with Gasteiger partial charge in [-0.25, -0.2) is 13.2 Å². The summed E-state index contributed by atoms with van der Waals surface area (Å²) >= 11 is 0. The van der Waals surface area contributed by atoms with Crippen molar-refractivity contribution in [1.82, 2.24) is 4.31 Å². The van der Waals surface area contributed by atoms with Crippen molar-refractivity contribution in [3.05, 3.63) is 54.1 Å². The molecule has 3 rings (SSSR count). The summed E-state index contributed by atoms with van der Waals surface area (Å²) in [7, 11) is -3.73. The SMILES string of the molecule is O=C(COC(=O)c1cccc(S(=O)(=O)N2CCCCC2)c1)Nc1ccccc1OC(F)F. The van der Waals surface area contributed by atoms with Crippen LogP contribution in [0.2, 0.25) is 0 Å². The fraction of sp³-hybridized carbons (Fsp3) is 0.333. The van der Waals surface area contributed by atoms with Crippen molar-refractivity contribution in [3.63, 3.8) is 0 Å². The van der Waals surface area contributed by atoms with Crippen molar-refractivity contribution in [2.24, 2.45) is 0 Å². The van der Waals surface area contributed by atoms with Gasteiger partial charge in [-0.05, 0) is 43.2 Å². The Balaban J connectivity index is 1.62. The molecule has 11 heteroatoms. The number of anilines is 1. The van der Waals surface area contributed by atoms with Crippen LogP contribution in [0.3, 0.4) is 0 Å². The number of carbonyl (C=O) groups is 2. The number of esters is 1. The number of para-hydroxylation sites is 2. The van der Waals surface area contributed by atoms with Gasteiger partial charge in [-0.15, -0.1) is 0 Å². The summed E-state index contributed by atoms with van der Waals surface area (Å²) < 4.78 is 61.1. The molecule has 1 amide bonds. The molecule has 0 spiro atoms. The topological polar surface area (TPSA) is 102 Å². The van der Waals surface area contributed by atoms with Crippen LogP contribution in [0.1, 0.15) is 29.6 Å². The van der Waals surface area contributed by atoms with Gasteiger partial charge < -0.3 is 14.8 Å². The predicted molar refractivity (Wildman–Crippen MR) is 111 cm³/mol. The molecule has 0 atom stereocenters. The number of benzene rings is 2. The average Bonchev–Trinajstić information content (AvgIpc) is 2.79. The molecule has 1 aliphatic heterocycles. The van der Waals surface area contributed by atoms with Crippen LogP contribution < -0.4 is 10.1 Å². The molecule has 1 N–H and O–H groups in total. The van der Waals surface area contributed by atoms with Crippen LogP contribution in [0.5, 0.6) is 5.75 Å². The van der Waals surface area contributed by atoms with Gasteiger partial charge in [-0.2, -0.15) is 13.1 Å². The van der Waals surface area contributed by atoms with Crippen molar-refractivity contribution >= 4 is 27.6 Å². The maximum Gasteiger partial charge on any atom is 0.387 e. The maximum absolute atomic E-state index is 12.8. The van der Waals surface area contributed by atoms with Crippen LogP contribution >= 0.6 is 0 Å². The van der Waals surface area contributed by atoms with E-state index in [4.69, 9.17) is 4.74 Å². The summed E-state index contributed by atoms with van der Waals surface area (Å²) in [6, 6.07) is 11.0. The Morgan fingerprint density at radius 3 is 2.47 bits per heavy atom. The Hall–Kier alpha value is -3.05. The second-order valence-electron chi connectivity index (χ2n) is 6.99. The number of amides is 1. The summed E-state index contributed by atoms with van der Waals surface area (Å²) in [5, 5.41) is 2.32. The molecular formula is C21H22F2N2O6S. The first kappa shape index (κ1) is 23.6. The van der Waals surface area contributed by atoms with Crippen molar-refractivity contribution in [2.45, 2.75) is 30.8 Å². The first-order chi connectivity index (χ1) is 15.3. The molecule has 1 aliphatic rings. The zero-order chi connectivity index (χ0) is 23.1. The molecule has 0 bridgehead atoms. The molecule has 0 saturated carbocycles. The molecule has 0 unspecified atom stereocenters. The van der Waals surface area contributed by atoms with Gasteiger partial charge in [0.15, 0.2) is 6.61 Å². The van der Waals surface area contributed by atoms with Crippen LogP contribution in [-0.2, 0) is 19.6 Å². The normalized spacial score (nSPS) is 14.7. The number of carbonyl (C=O) groups excluding carboxylic acids is 2. The third kappa shape index (κ3) is 6.01. The van der Waals surface area contributed by atoms with Crippen molar-refractivity contribution < 1.29 is 36.3 Å². The molecule has 2 aromatic rings. The van der Waals surface area contributed by atoms with E-state index >= 15 is 0 Å². The van der Waals surface area contributed by atoms with E-state index in [1.165, 1.54) is 52.8 Å². The van der Waals surface area contributed by atoms with Crippen molar-refractivity contribution in [3.8, 4) is 5.75 Å². The number of nitrogens with zero attached hydrogens (tertiary/aromatic N) is 1. The predicted octanol–water partition coefficient (Wildman–Crippen LogP) is 3.26. The van der Waals surface area contributed by atoms with Gasteiger partial charge in [0.2, 0.25) is 10.0 Å². The molecule has 1 heterocycles. The minimum atomic E-state index is -3.73. The molecule has 32 heavy (non-hydrogen) atoms. The summed E-state index contributed by atoms with van der Waals surface area (Å²) in [6.45, 7) is -2.92. The smallest absolute Gasteiger partial charge is 0.387 e. The van der Waals surface area contributed by atoms with Gasteiger partial charge in [-0.3, -0.25) is 4.79 Å². The lowest BCUT2D eigenvalue weighted by atomic mass is 10.2. The Labute approximate surface area is 184 Å². The third-order valence-corrected chi connectivity index (χ3v) is 6.63. The first-order valence-electron chi connectivity index (χ1n) is 9.88. The molecule has 1 saturated heterocycles. The Morgan fingerprint density at radius 2 is 1.75 bits per heavy atom. The first-order valence-corrected chi connectivity index (χ1v) is 11.3. The molecule has 8 nitrogen and oxygen atoms in total. The number of sulfonamides is 1. The van der Waals surface area contributed by atoms with Crippen LogP contribution in [0.25, 0.3) is 0 Å². The number of hydrogen-bond acceptors (Lipinski definition) is 6. The van der Waals surface area contributed by atoms with Crippen LogP contribution in [0, 0.1) is 0 Å². The summed E-state index contributed by atoms with van der Waals surface area (Å²) in [5.74, 6) is -1.91. The van der Waals surface area contributed by atoms with Gasteiger partial charge in [-0.1, -0.05) is 24.6 Å². The number of hydrogen-bond donors (Lipinski definition) is 1. The van der Waals surface area contributed by atoms with E-state index < -0.39 is 35.1 Å². The number of ether oxygens (including phenoxy) is 2. The highest BCUT2D eigenvalue weighted by atomic mass is 32.2. The largest absolute Gasteiger partial charge is 0.452 e. The number of halogens is 2. The third-order valence-electron chi connectivity index (χ3n) is 4.73. The maximum atomic E-state index is 12.8. The zero-order valence-electron chi connectivity index (χ0n) is 17.0. The van der Waals surface area contributed by atoms with Crippen LogP contribution in [0.4, 0.5) is 14.5 Å². The molecule has 0 aromatic heterocycles. The molecule has 2 aromatic carbocycles. The number of rotatable bonds is 8. The minimum absolute atomic E-state index is 0.0107. The Morgan fingerprint density at radius 1 is 1.03 bits per heavy atom. The lowest BCUT2D eigenvalue weighted by Crippen LogP contribution is -2.35. The van der Waals surface area contributed by atoms with E-state index in [9.17, 15) is 26.8 Å². The Kier molecular flexibility index (Phi) is 7.75. The molecule has 172 valence electrons. The van der Waals surface area contributed by atoms with Gasteiger partial charge in [0.25, 0.3) is 5.91 Å². The highest BCUT2D eigenvalue weighted by molar-refractivity contribution is 7.89. The summed E-state index contributed by atoms with van der Waals surface area (Å²) in [6.07, 6.45) is 2.53. The van der Waals surface area contributed by atoms with E-state index in [1.54, 1.807) is 0 Å². The van der Waals surface area contributed by atoms with Crippen molar-refractivity contribution in [1.29, 1.82) is 0 Å². The van der Waals surface area contributed by atoms with Gasteiger partial charge in [0, 0.05) is 13.1 Å². The standard InChI is InChI=1S/C21H22F2N2O6S/c22-21(23)31-18-10-3-2-9-17(18)24-19(26)14-30-20(27)15-7-6-8-16(13-15)32(28,29)25-11-4-1-5-12-25/h2-3,6-10,13,21H,1,4-5,11-12,14H2,(H,24,26). The molecular weight excluding hydrogens is 446 g/mol. The number of nitrogens with one attached hydrogen (secondary N) is 1. The van der Waals surface area contributed by atoms with Gasteiger partial charge in [0.05, 0.1) is 16.1 Å². The molecule has 1 fully saturated rings. The number of alkyl halides is 2. The van der Waals surface area contributed by atoms with Gasteiger partial charge in [0.1, 0.15) is 5.75 Å². The fourth-order valence-corrected chi connectivity index (χ4v) is 4.77. The number of piperidine rings is 1. The summed E-state index contributed by atoms with van der Waals surface area (Å²) in [5.41, 5.74) is -0.0409. The highest BCUT2D eigenvalue weighted by Crippen LogP contribution is 2.25. The lowest BCUT2D eigenvalue weighted by Gasteiger charge is -2.25. The highest BCUT2D eigenvalue weighted by Gasteiger charge is 2.26. The van der Waals surface area contributed by atoms with E-state index in [0.29, 0.717) is 13.1 Å². The van der Waals surface area contributed by atoms with Crippen LogP contribution in [-0.4, -0.2) is 50.9 Å². The van der Waals surface area contributed by atoms with Crippen molar-refractivity contribution in [2.75, 3.05) is 25.0 Å². The van der Waals surface area contributed by atoms with E-state index in [1.807, 2.05) is 0 Å². The molecule has 0 radical (unpaired) electrons. The Bertz CT molecular complexity index is 1070. The van der Waals surface area contributed by atoms with E-state index in [0.717, 1.165) is 19.3 Å². The van der Waals surface area contributed by atoms with E-state index in [-0.39, 0.29) is 21.9 Å². The lowest BCUT2D eigenvalue weighted by molar-refractivity contribution is -0.119. The zero-order valence-corrected chi connectivity index (χ0v) is 17.8. The summed E-state index contributed by atoms with van der Waals surface area (Å²) in [4.78, 5) is 24.4. The second-order valence-corrected chi connectivity index (χ2v) is 8.93. The quantitative estimate of drug-likeness (QED) is 0.597. The monoisotopic (exact) mass is 468 g/mol. The van der Waals surface area contributed by atoms with E-state index in [2.05, 4.69) is 10.1 Å². The average molecular weight is 468 g/mol. The van der Waals surface area contributed by atoms with Crippen LogP contribution in [0.15, 0.2) is 53.4 Å². The fourth-order valence-electron chi connectivity index (χ4n) is 3.21. The van der Waals surface area contributed by atoms with Gasteiger partial charge >= 0.3 is 12.6 Å².